The van der Waals surface area contributed by atoms with Crippen molar-refractivity contribution in [2.45, 2.75) is 6.18 Å². The molecule has 112 valence electrons. The second kappa shape index (κ2) is 5.47. The SMILES string of the molecule is CN(C)c1ccc(NC(=O)c2cn[nH]c2C(F)(F)F)cc1. The van der Waals surface area contributed by atoms with E-state index in [1.54, 1.807) is 29.4 Å². The third kappa shape index (κ3) is 3.33. The number of aromatic amines is 1. The number of benzene rings is 1. The molecule has 8 heteroatoms. The van der Waals surface area contributed by atoms with Gasteiger partial charge >= 0.3 is 6.18 Å². The maximum atomic E-state index is 12.7. The minimum atomic E-state index is -4.65. The quantitative estimate of drug-likeness (QED) is 0.916. The third-order valence-corrected chi connectivity index (χ3v) is 2.81. The first-order valence-electron chi connectivity index (χ1n) is 5.98. The van der Waals surface area contributed by atoms with Crippen molar-refractivity contribution in [3.63, 3.8) is 0 Å². The van der Waals surface area contributed by atoms with Crippen LogP contribution >= 0.6 is 0 Å². The molecule has 0 saturated carbocycles. The number of hydrogen-bond donors (Lipinski definition) is 2. The Morgan fingerprint density at radius 1 is 1.24 bits per heavy atom. The van der Waals surface area contributed by atoms with Crippen LogP contribution in [-0.2, 0) is 6.18 Å². The molecule has 0 aliphatic carbocycles. The van der Waals surface area contributed by atoms with Crippen LogP contribution in [0.2, 0.25) is 0 Å². The number of alkyl halides is 3. The fourth-order valence-corrected chi connectivity index (χ4v) is 1.72. The molecule has 2 rings (SSSR count). The van der Waals surface area contributed by atoms with Gasteiger partial charge < -0.3 is 10.2 Å². The molecule has 1 amide bonds. The Morgan fingerprint density at radius 3 is 2.38 bits per heavy atom. The summed E-state index contributed by atoms with van der Waals surface area (Å²) in [4.78, 5) is 13.7. The van der Waals surface area contributed by atoms with Crippen LogP contribution < -0.4 is 10.2 Å². The molecule has 1 aromatic carbocycles. The number of hydrogen-bond acceptors (Lipinski definition) is 3. The molecule has 0 unspecified atom stereocenters. The standard InChI is InChI=1S/C13H13F3N4O/c1-20(2)9-5-3-8(4-6-9)18-12(21)10-7-17-19-11(10)13(14,15)16/h3-7H,1-2H3,(H,17,19)(H,18,21). The Bertz CT molecular complexity index is 632. The van der Waals surface area contributed by atoms with Gasteiger partial charge in [-0.2, -0.15) is 18.3 Å². The summed E-state index contributed by atoms with van der Waals surface area (Å²) in [6.45, 7) is 0. The van der Waals surface area contributed by atoms with Gasteiger partial charge in [-0.05, 0) is 24.3 Å². The molecular weight excluding hydrogens is 285 g/mol. The molecule has 0 radical (unpaired) electrons. The zero-order valence-electron chi connectivity index (χ0n) is 11.3. The maximum absolute atomic E-state index is 12.7. The molecule has 1 heterocycles. The number of carbonyl (C=O) groups is 1. The van der Waals surface area contributed by atoms with E-state index in [0.717, 1.165) is 11.9 Å². The minimum Gasteiger partial charge on any atom is -0.378 e. The lowest BCUT2D eigenvalue weighted by Crippen LogP contribution is -2.17. The fourth-order valence-electron chi connectivity index (χ4n) is 1.72. The van der Waals surface area contributed by atoms with E-state index in [1.165, 1.54) is 0 Å². The summed E-state index contributed by atoms with van der Waals surface area (Å²) < 4.78 is 38.0. The Morgan fingerprint density at radius 2 is 1.86 bits per heavy atom. The van der Waals surface area contributed by atoms with E-state index >= 15 is 0 Å². The van der Waals surface area contributed by atoms with Crippen molar-refractivity contribution >= 4 is 17.3 Å². The van der Waals surface area contributed by atoms with Crippen LogP contribution in [0.1, 0.15) is 16.1 Å². The lowest BCUT2D eigenvalue weighted by molar-refractivity contribution is -0.141. The first-order valence-corrected chi connectivity index (χ1v) is 5.98. The minimum absolute atomic E-state index is 0.403. The molecule has 0 saturated heterocycles. The van der Waals surface area contributed by atoms with Crippen LogP contribution in [0, 0.1) is 0 Å². The van der Waals surface area contributed by atoms with Crippen LogP contribution in [0.3, 0.4) is 0 Å². The van der Waals surface area contributed by atoms with Gasteiger partial charge in [0.15, 0.2) is 5.69 Å². The van der Waals surface area contributed by atoms with Gasteiger partial charge in [0.25, 0.3) is 5.91 Å². The molecule has 2 N–H and O–H groups in total. The average molecular weight is 298 g/mol. The maximum Gasteiger partial charge on any atom is 0.433 e. The molecule has 0 spiro atoms. The number of aromatic nitrogens is 2. The van der Waals surface area contributed by atoms with Crippen molar-refractivity contribution in [1.29, 1.82) is 0 Å². The van der Waals surface area contributed by atoms with Crippen LogP contribution in [0.4, 0.5) is 24.5 Å². The highest BCUT2D eigenvalue weighted by Crippen LogP contribution is 2.30. The number of carbonyl (C=O) groups excluding carboxylic acids is 1. The number of nitrogens with one attached hydrogen (secondary N) is 2. The second-order valence-electron chi connectivity index (χ2n) is 4.55. The number of nitrogens with zero attached hydrogens (tertiary/aromatic N) is 2. The second-order valence-corrected chi connectivity index (χ2v) is 4.55. The molecule has 0 atom stereocenters. The summed E-state index contributed by atoms with van der Waals surface area (Å²) in [5, 5.41) is 7.48. The van der Waals surface area contributed by atoms with Crippen LogP contribution in [0.5, 0.6) is 0 Å². The zero-order chi connectivity index (χ0) is 15.6. The molecule has 0 fully saturated rings. The summed E-state index contributed by atoms with van der Waals surface area (Å²) in [7, 11) is 3.71. The Hall–Kier alpha value is -2.51. The largest absolute Gasteiger partial charge is 0.433 e. The van der Waals surface area contributed by atoms with Gasteiger partial charge in [-0.1, -0.05) is 0 Å². The molecule has 5 nitrogen and oxygen atoms in total. The summed E-state index contributed by atoms with van der Waals surface area (Å²) in [6, 6.07) is 6.71. The van der Waals surface area contributed by atoms with Crippen LogP contribution in [0.25, 0.3) is 0 Å². The highest BCUT2D eigenvalue weighted by Gasteiger charge is 2.37. The van der Waals surface area contributed by atoms with Gasteiger partial charge in [-0.25, -0.2) is 0 Å². The molecule has 0 aliphatic rings. The van der Waals surface area contributed by atoms with Crippen molar-refractivity contribution in [3.05, 3.63) is 41.7 Å². The van der Waals surface area contributed by atoms with E-state index < -0.39 is 23.3 Å². The molecular formula is C13H13F3N4O. The predicted molar refractivity (Wildman–Crippen MR) is 72.3 cm³/mol. The predicted octanol–water partition coefficient (Wildman–Crippen LogP) is 2.75. The summed E-state index contributed by atoms with van der Waals surface area (Å²) in [6.07, 6.45) is -3.80. The number of halogens is 3. The van der Waals surface area contributed by atoms with E-state index in [1.807, 2.05) is 19.0 Å². The van der Waals surface area contributed by atoms with Gasteiger partial charge in [-0.3, -0.25) is 9.89 Å². The summed E-state index contributed by atoms with van der Waals surface area (Å²) in [5.41, 5.74) is -0.392. The smallest absolute Gasteiger partial charge is 0.378 e. The average Bonchev–Trinajstić information content (AvgIpc) is 2.88. The van der Waals surface area contributed by atoms with Crippen molar-refractivity contribution in [2.75, 3.05) is 24.3 Å². The lowest BCUT2D eigenvalue weighted by atomic mass is 10.2. The van der Waals surface area contributed by atoms with Gasteiger partial charge in [0.1, 0.15) is 0 Å². The summed E-state index contributed by atoms with van der Waals surface area (Å²) >= 11 is 0. The zero-order valence-corrected chi connectivity index (χ0v) is 11.3. The number of rotatable bonds is 3. The Balaban J connectivity index is 2.17. The number of H-pyrrole nitrogens is 1. The fraction of sp³-hybridized carbons (Fsp3) is 0.231. The van der Waals surface area contributed by atoms with Crippen LogP contribution in [-0.4, -0.2) is 30.2 Å². The molecule has 2 aromatic rings. The normalized spacial score (nSPS) is 11.3. The number of amides is 1. The molecule has 0 aliphatic heterocycles. The van der Waals surface area contributed by atoms with Crippen molar-refractivity contribution < 1.29 is 18.0 Å². The van der Waals surface area contributed by atoms with E-state index in [0.29, 0.717) is 5.69 Å². The molecule has 0 bridgehead atoms. The first kappa shape index (κ1) is 14.9. The van der Waals surface area contributed by atoms with Gasteiger partial charge in [0, 0.05) is 25.5 Å². The van der Waals surface area contributed by atoms with E-state index in [2.05, 4.69) is 10.4 Å². The topological polar surface area (TPSA) is 61.0 Å². The van der Waals surface area contributed by atoms with Gasteiger partial charge in [0.2, 0.25) is 0 Å². The van der Waals surface area contributed by atoms with Gasteiger partial charge in [-0.15, -0.1) is 0 Å². The van der Waals surface area contributed by atoms with Crippen molar-refractivity contribution in [3.8, 4) is 0 Å². The van der Waals surface area contributed by atoms with E-state index in [4.69, 9.17) is 0 Å². The summed E-state index contributed by atoms with van der Waals surface area (Å²) in [5.74, 6) is -0.867. The third-order valence-electron chi connectivity index (χ3n) is 2.81. The van der Waals surface area contributed by atoms with E-state index in [-0.39, 0.29) is 0 Å². The van der Waals surface area contributed by atoms with Crippen molar-refractivity contribution in [2.24, 2.45) is 0 Å². The van der Waals surface area contributed by atoms with Gasteiger partial charge in [0.05, 0.1) is 11.8 Å². The van der Waals surface area contributed by atoms with Crippen molar-refractivity contribution in [1.82, 2.24) is 10.2 Å². The molecule has 1 aromatic heterocycles. The highest BCUT2D eigenvalue weighted by atomic mass is 19.4. The van der Waals surface area contributed by atoms with E-state index in [9.17, 15) is 18.0 Å². The highest BCUT2D eigenvalue weighted by molar-refractivity contribution is 6.05. The van der Waals surface area contributed by atoms with Crippen LogP contribution in [0.15, 0.2) is 30.5 Å². The monoisotopic (exact) mass is 298 g/mol. The molecule has 21 heavy (non-hydrogen) atoms. The lowest BCUT2D eigenvalue weighted by Gasteiger charge is -2.13. The number of anilines is 2. The first-order chi connectivity index (χ1) is 9.79. The Labute approximate surface area is 118 Å². The Kier molecular flexibility index (Phi) is 3.88.